The van der Waals surface area contributed by atoms with E-state index in [2.05, 4.69) is 10.3 Å². The van der Waals surface area contributed by atoms with E-state index in [4.69, 9.17) is 4.74 Å². The summed E-state index contributed by atoms with van der Waals surface area (Å²) >= 11 is 0. The molecule has 0 spiro atoms. The van der Waals surface area contributed by atoms with Crippen LogP contribution in [-0.2, 0) is 16.0 Å². The Labute approximate surface area is 150 Å². The van der Waals surface area contributed by atoms with Crippen LogP contribution in [0.3, 0.4) is 0 Å². The number of methoxy groups -OCH3 is 1. The predicted molar refractivity (Wildman–Crippen MR) is 96.4 cm³/mol. The summed E-state index contributed by atoms with van der Waals surface area (Å²) in [5.41, 5.74) is 2.43. The van der Waals surface area contributed by atoms with E-state index in [-0.39, 0.29) is 12.0 Å². The Kier molecular flexibility index (Phi) is 5.02. The molecule has 0 aliphatic heterocycles. The Morgan fingerprint density at radius 2 is 2.00 bits per heavy atom. The van der Waals surface area contributed by atoms with Crippen LogP contribution in [0.25, 0.3) is 10.9 Å². The first-order valence-corrected chi connectivity index (χ1v) is 8.19. The van der Waals surface area contributed by atoms with E-state index in [0.717, 1.165) is 22.5 Å². The highest BCUT2D eigenvalue weighted by Crippen LogP contribution is 2.19. The molecule has 0 saturated heterocycles. The van der Waals surface area contributed by atoms with E-state index >= 15 is 0 Å². The minimum atomic E-state index is -0.879. The summed E-state index contributed by atoms with van der Waals surface area (Å²) in [4.78, 5) is 27.7. The lowest BCUT2D eigenvalue weighted by molar-refractivity contribution is -0.142. The van der Waals surface area contributed by atoms with E-state index in [9.17, 15) is 14.0 Å². The summed E-state index contributed by atoms with van der Waals surface area (Å²) < 4.78 is 18.5. The number of carbonyl (C=O) groups excluding carboxylic acids is 2. The summed E-state index contributed by atoms with van der Waals surface area (Å²) in [5.74, 6) is -1.56. The third-order valence-electron chi connectivity index (χ3n) is 4.32. The van der Waals surface area contributed by atoms with Crippen LogP contribution in [0.15, 0.2) is 48.7 Å². The van der Waals surface area contributed by atoms with Crippen molar-refractivity contribution in [2.45, 2.75) is 19.4 Å². The molecule has 3 rings (SSSR count). The highest BCUT2D eigenvalue weighted by atomic mass is 19.1. The molecule has 0 fully saturated rings. The average molecular weight is 354 g/mol. The van der Waals surface area contributed by atoms with Crippen molar-refractivity contribution in [1.82, 2.24) is 10.3 Å². The third kappa shape index (κ3) is 3.59. The third-order valence-corrected chi connectivity index (χ3v) is 4.32. The Morgan fingerprint density at radius 3 is 2.73 bits per heavy atom. The zero-order valence-corrected chi connectivity index (χ0v) is 14.5. The molecule has 1 aromatic heterocycles. The number of halogens is 1. The van der Waals surface area contributed by atoms with Gasteiger partial charge < -0.3 is 15.0 Å². The fourth-order valence-electron chi connectivity index (χ4n) is 2.83. The standard InChI is InChI=1S/C20H19FN2O3/c1-12-7-8-13(9-16(12)21)19(24)23-18(20(25)26-2)10-14-11-22-17-6-4-3-5-15(14)17/h3-9,11,18,22H,10H2,1-2H3,(H,23,24). The van der Waals surface area contributed by atoms with Crippen molar-refractivity contribution in [2.75, 3.05) is 7.11 Å². The topological polar surface area (TPSA) is 71.2 Å². The molecule has 26 heavy (non-hydrogen) atoms. The maximum absolute atomic E-state index is 13.7. The molecule has 2 N–H and O–H groups in total. The van der Waals surface area contributed by atoms with Gasteiger partial charge in [-0.15, -0.1) is 0 Å². The van der Waals surface area contributed by atoms with Crippen LogP contribution in [-0.4, -0.2) is 30.0 Å². The van der Waals surface area contributed by atoms with Gasteiger partial charge in [-0.1, -0.05) is 24.3 Å². The molecule has 134 valence electrons. The number of esters is 1. The lowest BCUT2D eigenvalue weighted by Gasteiger charge is -2.16. The zero-order chi connectivity index (χ0) is 18.7. The molecule has 0 aliphatic rings. The van der Waals surface area contributed by atoms with Crippen LogP contribution in [0.1, 0.15) is 21.5 Å². The summed E-state index contributed by atoms with van der Waals surface area (Å²) in [5, 5.41) is 3.61. The average Bonchev–Trinajstić information content (AvgIpc) is 3.05. The van der Waals surface area contributed by atoms with E-state index in [1.807, 2.05) is 24.3 Å². The molecule has 0 bridgehead atoms. The van der Waals surface area contributed by atoms with Gasteiger partial charge in [0.1, 0.15) is 11.9 Å². The summed E-state index contributed by atoms with van der Waals surface area (Å²) in [7, 11) is 1.27. The van der Waals surface area contributed by atoms with Crippen LogP contribution in [0.5, 0.6) is 0 Å². The van der Waals surface area contributed by atoms with Crippen molar-refractivity contribution >= 4 is 22.8 Å². The Hall–Kier alpha value is -3.15. The van der Waals surface area contributed by atoms with Crippen molar-refractivity contribution in [3.05, 3.63) is 71.2 Å². The van der Waals surface area contributed by atoms with Gasteiger partial charge in [-0.25, -0.2) is 9.18 Å². The maximum atomic E-state index is 13.7. The number of hydrogen-bond acceptors (Lipinski definition) is 3. The van der Waals surface area contributed by atoms with Gasteiger partial charge >= 0.3 is 5.97 Å². The molecule has 1 unspecified atom stereocenters. The second-order valence-electron chi connectivity index (χ2n) is 6.08. The predicted octanol–water partition coefficient (Wildman–Crippen LogP) is 3.13. The number of H-pyrrole nitrogens is 1. The molecule has 0 aliphatic carbocycles. The first-order chi connectivity index (χ1) is 12.5. The number of fused-ring (bicyclic) bond motifs is 1. The molecular formula is C20H19FN2O3. The van der Waals surface area contributed by atoms with Gasteiger partial charge in [-0.2, -0.15) is 0 Å². The monoisotopic (exact) mass is 354 g/mol. The highest BCUT2D eigenvalue weighted by Gasteiger charge is 2.24. The normalized spacial score (nSPS) is 12.0. The summed E-state index contributed by atoms with van der Waals surface area (Å²) in [6, 6.07) is 11.0. The van der Waals surface area contributed by atoms with Crippen molar-refractivity contribution < 1.29 is 18.7 Å². The number of hydrogen-bond donors (Lipinski definition) is 2. The quantitative estimate of drug-likeness (QED) is 0.692. The number of aromatic amines is 1. The Bertz CT molecular complexity index is 965. The molecule has 5 nitrogen and oxygen atoms in total. The van der Waals surface area contributed by atoms with Gasteiger partial charge in [-0.05, 0) is 36.2 Å². The number of amides is 1. The highest BCUT2D eigenvalue weighted by molar-refractivity contribution is 5.97. The van der Waals surface area contributed by atoms with E-state index in [0.29, 0.717) is 5.56 Å². The number of benzene rings is 2. The molecule has 2 aromatic carbocycles. The number of ether oxygens (including phenoxy) is 1. The first-order valence-electron chi connectivity index (χ1n) is 8.19. The summed E-state index contributed by atoms with van der Waals surface area (Å²) in [6.07, 6.45) is 2.06. The SMILES string of the molecule is COC(=O)C(Cc1c[nH]c2ccccc12)NC(=O)c1ccc(C)c(F)c1. The molecule has 0 saturated carbocycles. The first kappa shape index (κ1) is 17.7. The fraction of sp³-hybridized carbons (Fsp3) is 0.200. The molecular weight excluding hydrogens is 335 g/mol. The molecule has 1 atom stereocenters. The van der Waals surface area contributed by atoms with Gasteiger partial charge in [0, 0.05) is 29.1 Å². The molecule has 6 heteroatoms. The van der Waals surface area contributed by atoms with Crippen molar-refractivity contribution in [3.63, 3.8) is 0 Å². The van der Waals surface area contributed by atoms with Gasteiger partial charge in [0.2, 0.25) is 0 Å². The second kappa shape index (κ2) is 7.39. The molecule has 1 heterocycles. The number of rotatable bonds is 5. The lowest BCUT2D eigenvalue weighted by Crippen LogP contribution is -2.43. The number of nitrogens with one attached hydrogen (secondary N) is 2. The zero-order valence-electron chi connectivity index (χ0n) is 14.5. The van der Waals surface area contributed by atoms with Crippen LogP contribution in [0.4, 0.5) is 4.39 Å². The molecule has 1 amide bonds. The molecule has 3 aromatic rings. The van der Waals surface area contributed by atoms with Crippen LogP contribution in [0.2, 0.25) is 0 Å². The van der Waals surface area contributed by atoms with Gasteiger partial charge in [0.05, 0.1) is 7.11 Å². The van der Waals surface area contributed by atoms with Crippen LogP contribution >= 0.6 is 0 Å². The Morgan fingerprint density at radius 1 is 1.23 bits per heavy atom. The van der Waals surface area contributed by atoms with Crippen molar-refractivity contribution in [3.8, 4) is 0 Å². The smallest absolute Gasteiger partial charge is 0.328 e. The van der Waals surface area contributed by atoms with E-state index < -0.39 is 23.7 Å². The second-order valence-corrected chi connectivity index (χ2v) is 6.08. The van der Waals surface area contributed by atoms with E-state index in [1.165, 1.54) is 19.2 Å². The van der Waals surface area contributed by atoms with Gasteiger partial charge in [0.25, 0.3) is 5.91 Å². The van der Waals surface area contributed by atoms with Gasteiger partial charge in [0.15, 0.2) is 0 Å². The number of aryl methyl sites for hydroxylation is 1. The van der Waals surface area contributed by atoms with Crippen molar-refractivity contribution in [2.24, 2.45) is 0 Å². The number of para-hydroxylation sites is 1. The molecule has 0 radical (unpaired) electrons. The van der Waals surface area contributed by atoms with Crippen LogP contribution in [0, 0.1) is 12.7 Å². The fourth-order valence-corrected chi connectivity index (χ4v) is 2.83. The largest absolute Gasteiger partial charge is 0.467 e. The maximum Gasteiger partial charge on any atom is 0.328 e. The summed E-state index contributed by atoms with van der Waals surface area (Å²) in [6.45, 7) is 1.62. The van der Waals surface area contributed by atoms with Crippen molar-refractivity contribution in [1.29, 1.82) is 0 Å². The minimum absolute atomic E-state index is 0.154. The Balaban J connectivity index is 1.83. The van der Waals surface area contributed by atoms with Gasteiger partial charge in [-0.3, -0.25) is 4.79 Å². The number of carbonyl (C=O) groups is 2. The van der Waals surface area contributed by atoms with E-state index in [1.54, 1.807) is 13.1 Å². The lowest BCUT2D eigenvalue weighted by atomic mass is 10.0. The van der Waals surface area contributed by atoms with Crippen LogP contribution < -0.4 is 5.32 Å². The number of aromatic nitrogens is 1. The minimum Gasteiger partial charge on any atom is -0.467 e.